The Labute approximate surface area is 173 Å². The molecule has 0 fully saturated rings. The van der Waals surface area contributed by atoms with E-state index in [0.29, 0.717) is 28.8 Å². The molecule has 3 N–H and O–H groups in total. The second-order valence-electron chi connectivity index (χ2n) is 6.76. The number of hydrogen-bond donors (Lipinski definition) is 3. The summed E-state index contributed by atoms with van der Waals surface area (Å²) in [6.07, 6.45) is -0.300. The summed E-state index contributed by atoms with van der Waals surface area (Å²) in [5.74, 6) is -0.552. The first-order valence-corrected chi connectivity index (χ1v) is 9.49. The third kappa shape index (κ3) is 4.06. The standard InChI is InChI=1S/C23H20N4O3/c28-20-14-8-7-13-18(20)19-15-21(24-25-22(29)16-9-3-1-4-10-16)27(26-19)23(30)17-11-5-2-6-12-17/h1-14,21,24,28H,15H2,(H,25,29). The molecule has 7 nitrogen and oxygen atoms in total. The molecule has 1 aliphatic rings. The Bertz CT molecular complexity index is 1080. The third-order valence-electron chi connectivity index (χ3n) is 4.74. The first-order chi connectivity index (χ1) is 14.6. The number of carbonyl (C=O) groups is 2. The number of para-hydroxylation sites is 1. The second-order valence-corrected chi connectivity index (χ2v) is 6.76. The van der Waals surface area contributed by atoms with Crippen molar-refractivity contribution in [1.82, 2.24) is 15.9 Å². The third-order valence-corrected chi connectivity index (χ3v) is 4.74. The van der Waals surface area contributed by atoms with Crippen LogP contribution in [0.25, 0.3) is 0 Å². The van der Waals surface area contributed by atoms with Gasteiger partial charge in [-0.1, -0.05) is 48.5 Å². The number of nitrogens with zero attached hydrogens (tertiary/aromatic N) is 2. The van der Waals surface area contributed by atoms with Crippen molar-refractivity contribution < 1.29 is 14.7 Å². The van der Waals surface area contributed by atoms with Gasteiger partial charge in [-0.2, -0.15) is 5.10 Å². The number of phenols is 1. The van der Waals surface area contributed by atoms with Crippen LogP contribution in [0, 0.1) is 0 Å². The number of hydrazine groups is 1. The first-order valence-electron chi connectivity index (χ1n) is 9.49. The quantitative estimate of drug-likeness (QED) is 0.574. The van der Waals surface area contributed by atoms with Gasteiger partial charge in [0.1, 0.15) is 11.9 Å². The fourth-order valence-corrected chi connectivity index (χ4v) is 3.21. The smallest absolute Gasteiger partial charge is 0.275 e. The van der Waals surface area contributed by atoms with Gasteiger partial charge < -0.3 is 5.11 Å². The number of hydrazone groups is 1. The molecule has 0 radical (unpaired) electrons. The lowest BCUT2D eigenvalue weighted by Crippen LogP contribution is -2.51. The summed E-state index contributed by atoms with van der Waals surface area (Å²) in [6.45, 7) is 0. The van der Waals surface area contributed by atoms with Crippen molar-refractivity contribution in [1.29, 1.82) is 0 Å². The zero-order valence-electron chi connectivity index (χ0n) is 16.0. The monoisotopic (exact) mass is 400 g/mol. The topological polar surface area (TPSA) is 94.0 Å². The number of benzene rings is 3. The van der Waals surface area contributed by atoms with Crippen molar-refractivity contribution >= 4 is 17.5 Å². The number of amides is 2. The molecule has 0 saturated heterocycles. The van der Waals surface area contributed by atoms with E-state index < -0.39 is 6.17 Å². The molecule has 1 aliphatic heterocycles. The summed E-state index contributed by atoms with van der Waals surface area (Å²) in [4.78, 5) is 25.4. The Hall–Kier alpha value is -3.97. The molecule has 0 bridgehead atoms. The van der Waals surface area contributed by atoms with Gasteiger partial charge in [0.15, 0.2) is 0 Å². The highest BCUT2D eigenvalue weighted by Gasteiger charge is 2.33. The molecule has 7 heteroatoms. The van der Waals surface area contributed by atoms with Crippen molar-refractivity contribution in [2.75, 3.05) is 0 Å². The number of rotatable bonds is 5. The van der Waals surface area contributed by atoms with Crippen LogP contribution in [-0.4, -0.2) is 33.8 Å². The Morgan fingerprint density at radius 1 is 0.867 bits per heavy atom. The van der Waals surface area contributed by atoms with E-state index in [2.05, 4.69) is 16.0 Å². The molecular formula is C23H20N4O3. The lowest BCUT2D eigenvalue weighted by Gasteiger charge is -2.23. The summed E-state index contributed by atoms with van der Waals surface area (Å²) < 4.78 is 0. The Morgan fingerprint density at radius 3 is 2.13 bits per heavy atom. The average Bonchev–Trinajstić information content (AvgIpc) is 3.22. The van der Waals surface area contributed by atoms with Crippen molar-refractivity contribution in [3.63, 3.8) is 0 Å². The Morgan fingerprint density at radius 2 is 1.47 bits per heavy atom. The fraction of sp³-hybridized carbons (Fsp3) is 0.0870. The number of carbonyl (C=O) groups excluding carboxylic acids is 2. The molecular weight excluding hydrogens is 380 g/mol. The summed E-state index contributed by atoms with van der Waals surface area (Å²) in [6, 6.07) is 24.4. The molecule has 0 aliphatic carbocycles. The Kier molecular flexibility index (Phi) is 5.54. The minimum Gasteiger partial charge on any atom is -0.507 e. The Balaban J connectivity index is 1.57. The van der Waals surface area contributed by atoms with E-state index in [0.717, 1.165) is 0 Å². The summed E-state index contributed by atoms with van der Waals surface area (Å²) in [5, 5.41) is 15.9. The molecule has 0 saturated carbocycles. The van der Waals surface area contributed by atoms with E-state index >= 15 is 0 Å². The number of hydrogen-bond acceptors (Lipinski definition) is 5. The predicted molar refractivity (Wildman–Crippen MR) is 113 cm³/mol. The first kappa shape index (κ1) is 19.4. The van der Waals surface area contributed by atoms with Crippen LogP contribution in [0.5, 0.6) is 5.75 Å². The second kappa shape index (κ2) is 8.59. The minimum atomic E-state index is -0.611. The van der Waals surface area contributed by atoms with Crippen molar-refractivity contribution in [3.05, 3.63) is 102 Å². The molecule has 150 valence electrons. The summed E-state index contributed by atoms with van der Waals surface area (Å²) in [5.41, 5.74) is 7.61. The zero-order valence-corrected chi connectivity index (χ0v) is 16.0. The van der Waals surface area contributed by atoms with E-state index in [1.165, 1.54) is 5.01 Å². The highest BCUT2D eigenvalue weighted by molar-refractivity contribution is 6.06. The fourth-order valence-electron chi connectivity index (χ4n) is 3.21. The van der Waals surface area contributed by atoms with Crippen LogP contribution in [0.2, 0.25) is 0 Å². The van der Waals surface area contributed by atoms with Crippen molar-refractivity contribution in [3.8, 4) is 5.75 Å². The summed E-state index contributed by atoms with van der Waals surface area (Å²) >= 11 is 0. The highest BCUT2D eigenvalue weighted by atomic mass is 16.3. The van der Waals surface area contributed by atoms with E-state index in [9.17, 15) is 14.7 Å². The lowest BCUT2D eigenvalue weighted by molar-refractivity contribution is 0.0646. The summed E-state index contributed by atoms with van der Waals surface area (Å²) in [7, 11) is 0. The van der Waals surface area contributed by atoms with Gasteiger partial charge in [-0.3, -0.25) is 15.0 Å². The van der Waals surface area contributed by atoms with E-state index in [-0.39, 0.29) is 17.6 Å². The molecule has 4 rings (SSSR count). The molecule has 0 aromatic heterocycles. The maximum Gasteiger partial charge on any atom is 0.275 e. The maximum atomic E-state index is 13.0. The van der Waals surface area contributed by atoms with E-state index in [4.69, 9.17) is 0 Å². The van der Waals surface area contributed by atoms with Gasteiger partial charge in [0.2, 0.25) is 0 Å². The van der Waals surface area contributed by atoms with E-state index in [1.54, 1.807) is 72.8 Å². The van der Waals surface area contributed by atoms with Crippen molar-refractivity contribution in [2.24, 2.45) is 5.10 Å². The van der Waals surface area contributed by atoms with Gasteiger partial charge in [0, 0.05) is 23.1 Å². The number of aromatic hydroxyl groups is 1. The van der Waals surface area contributed by atoms with Crippen LogP contribution in [0.3, 0.4) is 0 Å². The molecule has 1 unspecified atom stereocenters. The molecule has 0 spiro atoms. The van der Waals surface area contributed by atoms with Gasteiger partial charge in [0.25, 0.3) is 11.8 Å². The highest BCUT2D eigenvalue weighted by Crippen LogP contribution is 2.25. The van der Waals surface area contributed by atoms with Crippen LogP contribution >= 0.6 is 0 Å². The minimum absolute atomic E-state index is 0.0809. The molecule has 30 heavy (non-hydrogen) atoms. The van der Waals surface area contributed by atoms with Crippen LogP contribution in [-0.2, 0) is 0 Å². The molecule has 1 heterocycles. The molecule has 3 aromatic carbocycles. The van der Waals surface area contributed by atoms with Crippen LogP contribution in [0.1, 0.15) is 32.7 Å². The van der Waals surface area contributed by atoms with E-state index in [1.807, 2.05) is 12.1 Å². The predicted octanol–water partition coefficient (Wildman–Crippen LogP) is 2.90. The van der Waals surface area contributed by atoms with Gasteiger partial charge in [-0.05, 0) is 36.4 Å². The van der Waals surface area contributed by atoms with Gasteiger partial charge >= 0.3 is 0 Å². The van der Waals surface area contributed by atoms with Gasteiger partial charge in [0.05, 0.1) is 5.71 Å². The van der Waals surface area contributed by atoms with Crippen LogP contribution in [0.15, 0.2) is 90.0 Å². The average molecular weight is 400 g/mol. The van der Waals surface area contributed by atoms with Gasteiger partial charge in [-0.25, -0.2) is 10.4 Å². The SMILES string of the molecule is O=C(NNC1CC(c2ccccc2O)=NN1C(=O)c1ccccc1)c1ccccc1. The zero-order chi connectivity index (χ0) is 20.9. The normalized spacial score (nSPS) is 15.5. The van der Waals surface area contributed by atoms with Crippen LogP contribution in [0.4, 0.5) is 0 Å². The molecule has 3 aromatic rings. The molecule has 1 atom stereocenters. The number of phenolic OH excluding ortho intramolecular Hbond substituents is 1. The number of nitrogens with one attached hydrogen (secondary N) is 2. The lowest BCUT2D eigenvalue weighted by atomic mass is 10.1. The van der Waals surface area contributed by atoms with Crippen molar-refractivity contribution in [2.45, 2.75) is 12.6 Å². The van der Waals surface area contributed by atoms with Crippen LogP contribution < -0.4 is 10.9 Å². The maximum absolute atomic E-state index is 13.0. The largest absolute Gasteiger partial charge is 0.507 e. The molecule has 2 amide bonds. The van der Waals surface area contributed by atoms with Gasteiger partial charge in [-0.15, -0.1) is 0 Å².